The number of nitro groups is 1. The number of nitriles is 1. The fourth-order valence-electron chi connectivity index (χ4n) is 2.74. The van der Waals surface area contributed by atoms with Gasteiger partial charge in [0.1, 0.15) is 23.6 Å². The summed E-state index contributed by atoms with van der Waals surface area (Å²) in [6, 6.07) is 3.13. The predicted molar refractivity (Wildman–Crippen MR) is 76.7 cm³/mol. The van der Waals surface area contributed by atoms with Gasteiger partial charge in [-0.25, -0.2) is 4.98 Å². The first kappa shape index (κ1) is 15.2. The molecule has 0 bridgehead atoms. The van der Waals surface area contributed by atoms with Crippen molar-refractivity contribution in [2.75, 3.05) is 18.5 Å². The van der Waals surface area contributed by atoms with E-state index in [2.05, 4.69) is 10.3 Å². The molecule has 1 heterocycles. The molecule has 0 amide bonds. The lowest BCUT2D eigenvalue weighted by atomic mass is 9.74. The molecule has 2 N–H and O–H groups in total. The van der Waals surface area contributed by atoms with Gasteiger partial charge in [0.2, 0.25) is 0 Å². The SMILES string of the molecule is N#Cc1cc([N+](=O)[O-])cnc1NCC1(CO)CCCCC1. The van der Waals surface area contributed by atoms with Crippen molar-refractivity contribution in [2.45, 2.75) is 32.1 Å². The van der Waals surface area contributed by atoms with Gasteiger partial charge in [-0.3, -0.25) is 10.1 Å². The third-order valence-electron chi connectivity index (χ3n) is 4.08. The van der Waals surface area contributed by atoms with E-state index in [0.717, 1.165) is 31.9 Å². The van der Waals surface area contributed by atoms with Crippen LogP contribution in [0, 0.1) is 26.9 Å². The summed E-state index contributed by atoms with van der Waals surface area (Å²) in [6.45, 7) is 0.609. The second-order valence-electron chi connectivity index (χ2n) is 5.53. The van der Waals surface area contributed by atoms with E-state index in [9.17, 15) is 15.2 Å². The molecular weight excluding hydrogens is 272 g/mol. The average Bonchev–Trinajstić information content (AvgIpc) is 2.53. The smallest absolute Gasteiger partial charge is 0.289 e. The zero-order valence-corrected chi connectivity index (χ0v) is 11.7. The maximum Gasteiger partial charge on any atom is 0.289 e. The Balaban J connectivity index is 2.12. The number of nitrogens with zero attached hydrogens (tertiary/aromatic N) is 3. The first-order valence-corrected chi connectivity index (χ1v) is 6.99. The molecule has 0 aromatic carbocycles. The number of aliphatic hydroxyl groups excluding tert-OH is 1. The number of aromatic nitrogens is 1. The van der Waals surface area contributed by atoms with E-state index in [4.69, 9.17) is 5.26 Å². The van der Waals surface area contributed by atoms with Crippen molar-refractivity contribution < 1.29 is 10.0 Å². The van der Waals surface area contributed by atoms with E-state index in [-0.39, 0.29) is 23.3 Å². The molecule has 1 fully saturated rings. The minimum atomic E-state index is -0.575. The molecular formula is C14H18N4O3. The molecule has 0 aliphatic heterocycles. The minimum Gasteiger partial charge on any atom is -0.396 e. The summed E-state index contributed by atoms with van der Waals surface area (Å²) >= 11 is 0. The topological polar surface area (TPSA) is 112 Å². The molecule has 1 aliphatic carbocycles. The van der Waals surface area contributed by atoms with E-state index in [1.807, 2.05) is 6.07 Å². The third kappa shape index (κ3) is 3.47. The normalized spacial score (nSPS) is 17.0. The third-order valence-corrected chi connectivity index (χ3v) is 4.08. The van der Waals surface area contributed by atoms with Gasteiger partial charge >= 0.3 is 0 Å². The Morgan fingerprint density at radius 3 is 2.76 bits per heavy atom. The molecule has 1 saturated carbocycles. The Labute approximate surface area is 122 Å². The highest BCUT2D eigenvalue weighted by atomic mass is 16.6. The van der Waals surface area contributed by atoms with Gasteiger partial charge < -0.3 is 10.4 Å². The highest BCUT2D eigenvalue weighted by molar-refractivity contribution is 5.55. The lowest BCUT2D eigenvalue weighted by Crippen LogP contribution is -2.35. The number of aliphatic hydroxyl groups is 1. The number of anilines is 1. The summed E-state index contributed by atoms with van der Waals surface area (Å²) in [6.07, 6.45) is 6.36. The van der Waals surface area contributed by atoms with E-state index >= 15 is 0 Å². The van der Waals surface area contributed by atoms with Gasteiger partial charge in [0.05, 0.1) is 11.5 Å². The molecule has 0 unspecified atom stereocenters. The second-order valence-corrected chi connectivity index (χ2v) is 5.53. The lowest BCUT2D eigenvalue weighted by molar-refractivity contribution is -0.385. The first-order valence-electron chi connectivity index (χ1n) is 6.99. The van der Waals surface area contributed by atoms with Crippen LogP contribution < -0.4 is 5.32 Å². The maximum absolute atomic E-state index is 10.7. The van der Waals surface area contributed by atoms with E-state index in [0.29, 0.717) is 12.4 Å². The fraction of sp³-hybridized carbons (Fsp3) is 0.571. The quantitative estimate of drug-likeness (QED) is 0.635. The van der Waals surface area contributed by atoms with Gasteiger partial charge in [0.25, 0.3) is 5.69 Å². The van der Waals surface area contributed by atoms with Crippen molar-refractivity contribution in [3.05, 3.63) is 27.9 Å². The first-order chi connectivity index (χ1) is 10.1. The lowest BCUT2D eigenvalue weighted by Gasteiger charge is -2.35. The van der Waals surface area contributed by atoms with Crippen LogP contribution >= 0.6 is 0 Å². The largest absolute Gasteiger partial charge is 0.396 e. The molecule has 21 heavy (non-hydrogen) atoms. The van der Waals surface area contributed by atoms with Gasteiger partial charge in [0, 0.05) is 18.0 Å². The van der Waals surface area contributed by atoms with Crippen molar-refractivity contribution in [2.24, 2.45) is 5.41 Å². The Morgan fingerprint density at radius 2 is 2.19 bits per heavy atom. The molecule has 1 aliphatic rings. The highest BCUT2D eigenvalue weighted by Gasteiger charge is 2.31. The monoisotopic (exact) mass is 290 g/mol. The Hall–Kier alpha value is -2.20. The van der Waals surface area contributed by atoms with Crippen molar-refractivity contribution in [3.8, 4) is 6.07 Å². The van der Waals surface area contributed by atoms with Crippen LogP contribution in [0.3, 0.4) is 0 Å². The summed E-state index contributed by atoms with van der Waals surface area (Å²) < 4.78 is 0. The number of pyridine rings is 1. The van der Waals surface area contributed by atoms with Crippen LogP contribution in [0.4, 0.5) is 11.5 Å². The molecule has 2 rings (SSSR count). The molecule has 7 nitrogen and oxygen atoms in total. The number of hydrogen-bond donors (Lipinski definition) is 2. The van der Waals surface area contributed by atoms with Crippen molar-refractivity contribution in [1.29, 1.82) is 5.26 Å². The van der Waals surface area contributed by atoms with Gasteiger partial charge in [-0.1, -0.05) is 19.3 Å². The molecule has 1 aromatic rings. The molecule has 0 spiro atoms. The fourth-order valence-corrected chi connectivity index (χ4v) is 2.74. The van der Waals surface area contributed by atoms with Crippen LogP contribution in [0.15, 0.2) is 12.3 Å². The van der Waals surface area contributed by atoms with E-state index in [1.54, 1.807) is 0 Å². The Kier molecular flexibility index (Phi) is 4.70. The van der Waals surface area contributed by atoms with Crippen LogP contribution in [0.25, 0.3) is 0 Å². The molecule has 1 aromatic heterocycles. The number of rotatable bonds is 5. The number of nitrogens with one attached hydrogen (secondary N) is 1. The Bertz CT molecular complexity index is 562. The highest BCUT2D eigenvalue weighted by Crippen LogP contribution is 2.36. The van der Waals surface area contributed by atoms with Crippen LogP contribution in [0.2, 0.25) is 0 Å². The number of hydrogen-bond acceptors (Lipinski definition) is 6. The van der Waals surface area contributed by atoms with Crippen LogP contribution in [-0.4, -0.2) is 28.2 Å². The molecule has 0 radical (unpaired) electrons. The summed E-state index contributed by atoms with van der Waals surface area (Å²) in [4.78, 5) is 14.1. The summed E-state index contributed by atoms with van der Waals surface area (Å²) in [5.41, 5.74) is -0.242. The van der Waals surface area contributed by atoms with Crippen molar-refractivity contribution >= 4 is 11.5 Å². The van der Waals surface area contributed by atoms with Crippen molar-refractivity contribution in [3.63, 3.8) is 0 Å². The van der Waals surface area contributed by atoms with Crippen molar-refractivity contribution in [1.82, 2.24) is 4.98 Å². The van der Waals surface area contributed by atoms with Gasteiger partial charge in [-0.2, -0.15) is 5.26 Å². The standard InChI is InChI=1S/C14H18N4O3/c15-7-11-6-12(18(20)21)8-16-13(11)17-9-14(10-19)4-2-1-3-5-14/h6,8,19H,1-5,9-10H2,(H,16,17). The van der Waals surface area contributed by atoms with Crippen LogP contribution in [0.1, 0.15) is 37.7 Å². The Morgan fingerprint density at radius 1 is 1.48 bits per heavy atom. The summed E-state index contributed by atoms with van der Waals surface area (Å²) in [5, 5.41) is 32.5. The second kappa shape index (κ2) is 6.50. The van der Waals surface area contributed by atoms with E-state index in [1.165, 1.54) is 12.5 Å². The molecule has 0 saturated heterocycles. The molecule has 0 atom stereocenters. The summed E-state index contributed by atoms with van der Waals surface area (Å²) in [7, 11) is 0. The van der Waals surface area contributed by atoms with Gasteiger partial charge in [-0.05, 0) is 12.8 Å². The van der Waals surface area contributed by atoms with E-state index < -0.39 is 4.92 Å². The van der Waals surface area contributed by atoms with Gasteiger partial charge in [0.15, 0.2) is 0 Å². The maximum atomic E-state index is 10.7. The predicted octanol–water partition coefficient (Wildman–Crippen LogP) is 2.22. The average molecular weight is 290 g/mol. The van der Waals surface area contributed by atoms with Crippen LogP contribution in [0.5, 0.6) is 0 Å². The van der Waals surface area contributed by atoms with Gasteiger partial charge in [-0.15, -0.1) is 0 Å². The molecule has 112 valence electrons. The zero-order valence-electron chi connectivity index (χ0n) is 11.7. The van der Waals surface area contributed by atoms with Crippen LogP contribution in [-0.2, 0) is 0 Å². The zero-order chi connectivity index (χ0) is 15.3. The minimum absolute atomic E-state index is 0.0921. The summed E-state index contributed by atoms with van der Waals surface area (Å²) in [5.74, 6) is 0.335. The molecule has 7 heteroatoms.